The molecule has 5 heavy (non-hydrogen) atoms. The second-order valence-corrected chi connectivity index (χ2v) is 0.224. The fourth-order valence-corrected chi connectivity index (χ4v) is 0. The van der Waals surface area contributed by atoms with E-state index in [0.717, 1.165) is 0 Å². The van der Waals surface area contributed by atoms with Gasteiger partial charge in [-0.25, -0.2) is 0 Å². The van der Waals surface area contributed by atoms with Crippen LogP contribution in [0.15, 0.2) is 0 Å². The van der Waals surface area contributed by atoms with Gasteiger partial charge in [0.1, 0.15) is 0 Å². The second kappa shape index (κ2) is 17.9. The Morgan fingerprint density at radius 3 is 1.80 bits per heavy atom. The van der Waals surface area contributed by atoms with Gasteiger partial charge < -0.3 is 14.9 Å². The largest absolute Gasteiger partial charge is 2.00 e. The minimum absolute atomic E-state index is 0. The molecule has 29 valence electrons. The summed E-state index contributed by atoms with van der Waals surface area (Å²) in [6.45, 7) is 3.04. The molecule has 0 amide bonds. The van der Waals surface area contributed by atoms with Crippen LogP contribution in [0, 0.1) is 6.92 Å². The predicted octanol–water partition coefficient (Wildman–Crippen LogP) is -0.346. The maximum absolute atomic E-state index is 7.46. The minimum Gasteiger partial charge on any atom is -1.00 e. The first kappa shape index (κ1) is 16.1. The minimum atomic E-state index is 0. The van der Waals surface area contributed by atoms with E-state index in [0.29, 0.717) is 0 Å². The molecular formula is C2H7MgOTa-. The summed E-state index contributed by atoms with van der Waals surface area (Å²) in [5.41, 5.74) is 0. The summed E-state index contributed by atoms with van der Waals surface area (Å²) < 4.78 is 0. The van der Waals surface area contributed by atoms with Gasteiger partial charge in [-0.05, 0) is 0 Å². The third-order valence-corrected chi connectivity index (χ3v) is 0. The molecule has 0 aliphatic rings. The fraction of sp³-hybridized carbons (Fsp3) is 0.500. The molecule has 0 heterocycles. The molecule has 0 aromatic heterocycles. The molecule has 0 rings (SSSR count). The van der Waals surface area contributed by atoms with Gasteiger partial charge in [0.15, 0.2) is 0 Å². The number of hydrogen-bond acceptors (Lipinski definition) is 1. The van der Waals surface area contributed by atoms with E-state index in [4.69, 9.17) is 5.11 Å². The first-order valence-electron chi connectivity index (χ1n) is 0.816. The van der Waals surface area contributed by atoms with Crippen LogP contribution in [0.25, 0.3) is 0 Å². The summed E-state index contributed by atoms with van der Waals surface area (Å²) >= 11 is 0. The van der Waals surface area contributed by atoms with Gasteiger partial charge in [-0.3, -0.25) is 0 Å². The van der Waals surface area contributed by atoms with Gasteiger partial charge in [-0.1, -0.05) is 6.61 Å². The average Bonchev–Trinajstić information content (AvgIpc) is 0.918. The Kier molecular flexibility index (Phi) is 57.7. The van der Waals surface area contributed by atoms with E-state index in [2.05, 4.69) is 6.92 Å². The summed E-state index contributed by atoms with van der Waals surface area (Å²) in [6.07, 6.45) is 0. The van der Waals surface area contributed by atoms with Crippen LogP contribution in [0.4, 0.5) is 0 Å². The van der Waals surface area contributed by atoms with E-state index in [1.54, 1.807) is 0 Å². The maximum Gasteiger partial charge on any atom is 2.00 e. The molecule has 0 aliphatic carbocycles. The van der Waals surface area contributed by atoms with Crippen LogP contribution in [0.2, 0.25) is 0 Å². The number of aliphatic hydroxyl groups excluding tert-OH is 1. The van der Waals surface area contributed by atoms with Crippen LogP contribution in [-0.2, 0) is 22.4 Å². The Morgan fingerprint density at radius 1 is 1.80 bits per heavy atom. The molecular weight excluding hydrogens is 245 g/mol. The zero-order valence-electron chi connectivity index (χ0n) is 5.02. The summed E-state index contributed by atoms with van der Waals surface area (Å²) in [4.78, 5) is 0. The van der Waals surface area contributed by atoms with Crippen LogP contribution in [0.5, 0.6) is 0 Å². The van der Waals surface area contributed by atoms with Gasteiger partial charge in [-0.15, -0.1) is 0 Å². The van der Waals surface area contributed by atoms with E-state index in [1.165, 1.54) is 0 Å². The first-order chi connectivity index (χ1) is 1.41. The summed E-state index contributed by atoms with van der Waals surface area (Å²) in [6, 6.07) is 0. The van der Waals surface area contributed by atoms with Gasteiger partial charge >= 0.3 is 23.1 Å². The molecule has 0 fully saturated rings. The molecule has 0 atom stereocenters. The van der Waals surface area contributed by atoms with E-state index in [1.807, 2.05) is 0 Å². The Morgan fingerprint density at radius 2 is 1.80 bits per heavy atom. The van der Waals surface area contributed by atoms with E-state index < -0.39 is 0 Å². The first-order valence-corrected chi connectivity index (χ1v) is 0.816. The van der Waals surface area contributed by atoms with Gasteiger partial charge in [0.05, 0.1) is 0 Å². The Hall–Kier alpha value is 1.47. The summed E-state index contributed by atoms with van der Waals surface area (Å²) in [5.74, 6) is 0. The zero-order chi connectivity index (χ0) is 2.71. The predicted molar refractivity (Wildman–Crippen MR) is 20.4 cm³/mol. The van der Waals surface area contributed by atoms with Crippen molar-refractivity contribution in [3.8, 4) is 0 Å². The number of rotatable bonds is 0. The molecule has 0 aromatic carbocycles. The molecule has 0 spiro atoms. The van der Waals surface area contributed by atoms with Crippen LogP contribution >= 0.6 is 0 Å². The molecule has 3 heteroatoms. The number of aliphatic hydroxyl groups is 1. The Bertz CT molecular complexity index is 15.7. The van der Waals surface area contributed by atoms with Crippen molar-refractivity contribution in [2.75, 3.05) is 6.61 Å². The molecule has 1 N–H and O–H groups in total. The van der Waals surface area contributed by atoms with Crippen LogP contribution < -0.4 is 0 Å². The van der Waals surface area contributed by atoms with Crippen molar-refractivity contribution in [2.45, 2.75) is 0 Å². The molecule has 1 nitrogen and oxygen atoms in total. The average molecular weight is 252 g/mol. The van der Waals surface area contributed by atoms with Crippen molar-refractivity contribution in [1.82, 2.24) is 0 Å². The Balaban J connectivity index is -0.00000000333. The van der Waals surface area contributed by atoms with E-state index >= 15 is 0 Å². The molecule has 0 unspecified atom stereocenters. The fourth-order valence-electron chi connectivity index (χ4n) is 0. The van der Waals surface area contributed by atoms with Gasteiger partial charge in [0.2, 0.25) is 0 Å². The smallest absolute Gasteiger partial charge is 1.00 e. The van der Waals surface area contributed by atoms with Crippen LogP contribution in [-0.4, -0.2) is 34.8 Å². The van der Waals surface area contributed by atoms with Crippen molar-refractivity contribution >= 4 is 23.1 Å². The SMILES string of the molecule is [CH2-]CO.[H-].[H-].[Mg+2].[Ta]. The summed E-state index contributed by atoms with van der Waals surface area (Å²) in [5, 5.41) is 7.46. The van der Waals surface area contributed by atoms with Gasteiger partial charge in [-0.2, -0.15) is 0 Å². The molecule has 0 saturated heterocycles. The maximum atomic E-state index is 7.46. The molecule has 0 aliphatic heterocycles. The summed E-state index contributed by atoms with van der Waals surface area (Å²) in [7, 11) is 0. The van der Waals surface area contributed by atoms with Crippen molar-refractivity contribution < 1.29 is 30.3 Å². The third kappa shape index (κ3) is 30.5. The van der Waals surface area contributed by atoms with Gasteiger partial charge in [0.25, 0.3) is 0 Å². The number of hydrogen-bond donors (Lipinski definition) is 1. The normalized spacial score (nSPS) is 3.60. The van der Waals surface area contributed by atoms with Crippen LogP contribution in [0.1, 0.15) is 2.85 Å². The van der Waals surface area contributed by atoms with Crippen molar-refractivity contribution in [3.63, 3.8) is 0 Å². The standard InChI is InChI=1S/C2H5O.Mg.Ta.2H/c1-2-3;;;;/h3H,1-2H2;;;;/q-1;+2;;2*-1. The molecule has 0 bridgehead atoms. The van der Waals surface area contributed by atoms with Crippen LogP contribution in [0.3, 0.4) is 0 Å². The quantitative estimate of drug-likeness (QED) is 0.462. The van der Waals surface area contributed by atoms with E-state index in [-0.39, 0.29) is 54.9 Å². The monoisotopic (exact) mass is 252 g/mol. The zero-order valence-corrected chi connectivity index (χ0v) is 7.64. The Labute approximate surface area is 66.8 Å². The van der Waals surface area contributed by atoms with Crippen molar-refractivity contribution in [3.05, 3.63) is 6.92 Å². The van der Waals surface area contributed by atoms with Crippen molar-refractivity contribution in [1.29, 1.82) is 0 Å². The second-order valence-electron chi connectivity index (χ2n) is 0.224. The topological polar surface area (TPSA) is 20.2 Å². The van der Waals surface area contributed by atoms with Crippen molar-refractivity contribution in [2.24, 2.45) is 0 Å². The van der Waals surface area contributed by atoms with Gasteiger partial charge in [0, 0.05) is 22.4 Å². The molecule has 0 aromatic rings. The van der Waals surface area contributed by atoms with E-state index in [9.17, 15) is 0 Å². The molecule has 1 radical (unpaired) electrons. The molecule has 0 saturated carbocycles. The third-order valence-electron chi connectivity index (χ3n) is 0.